The van der Waals surface area contributed by atoms with E-state index in [9.17, 15) is 23.1 Å². The molecule has 0 radical (unpaired) electrons. The molecule has 0 amide bonds. The van der Waals surface area contributed by atoms with Gasteiger partial charge < -0.3 is 9.52 Å². The van der Waals surface area contributed by atoms with Crippen LogP contribution in [0.1, 0.15) is 76.2 Å². The van der Waals surface area contributed by atoms with Crippen molar-refractivity contribution in [3.63, 3.8) is 0 Å². The highest BCUT2D eigenvalue weighted by Crippen LogP contribution is 2.66. The fraction of sp³-hybridized carbons (Fsp3) is 0.517. The number of carbonyl (C=O) groups is 1. The van der Waals surface area contributed by atoms with Gasteiger partial charge in [0.05, 0.1) is 0 Å². The largest absolute Gasteiger partial charge is 0.468 e. The number of hydrogen-bond acceptors (Lipinski definition) is 4. The number of halogens is 3. The van der Waals surface area contributed by atoms with Crippen molar-refractivity contribution in [2.45, 2.75) is 76.5 Å². The van der Waals surface area contributed by atoms with Crippen molar-refractivity contribution >= 4 is 16.9 Å². The summed E-state index contributed by atoms with van der Waals surface area (Å²) in [4.78, 5) is 15.9. The second-order valence-electron chi connectivity index (χ2n) is 11.0. The number of nitrogens with zero attached hydrogens (tertiary/aromatic N) is 1. The van der Waals surface area contributed by atoms with Crippen LogP contribution in [-0.2, 0) is 11.0 Å². The minimum atomic E-state index is -4.66. The van der Waals surface area contributed by atoms with Crippen molar-refractivity contribution in [3.05, 3.63) is 52.4 Å². The molecule has 0 aliphatic heterocycles. The van der Waals surface area contributed by atoms with Crippen LogP contribution in [0.2, 0.25) is 0 Å². The number of alkyl halides is 3. The molecule has 4 aliphatic carbocycles. The van der Waals surface area contributed by atoms with Crippen LogP contribution in [0.5, 0.6) is 0 Å². The SMILES string of the molecule is CC#C[C@]1(O)CC[C@H]2[C@@H]3CCC4=CC(=O)CCC4=C3[C@@H](c3ccc4oc(C(F)(F)F)nc4c3)C[C@@]21C. The highest BCUT2D eigenvalue weighted by Gasteiger charge is 2.62. The lowest BCUT2D eigenvalue weighted by molar-refractivity contribution is -0.156. The average Bonchev–Trinajstić information content (AvgIpc) is 3.37. The summed E-state index contributed by atoms with van der Waals surface area (Å²) in [5.74, 6) is 5.35. The number of hydrogen-bond donors (Lipinski definition) is 1. The van der Waals surface area contributed by atoms with Gasteiger partial charge in [0.25, 0.3) is 0 Å². The Morgan fingerprint density at radius 2 is 2.00 bits per heavy atom. The molecule has 0 saturated heterocycles. The first-order chi connectivity index (χ1) is 17.0. The van der Waals surface area contributed by atoms with E-state index in [1.807, 2.05) is 6.07 Å². The zero-order valence-corrected chi connectivity index (χ0v) is 20.3. The molecule has 2 aromatic rings. The van der Waals surface area contributed by atoms with Gasteiger partial charge in [-0.3, -0.25) is 4.79 Å². The van der Waals surface area contributed by atoms with Gasteiger partial charge in [-0.25, -0.2) is 4.98 Å². The lowest BCUT2D eigenvalue weighted by atomic mass is 9.51. The van der Waals surface area contributed by atoms with Crippen LogP contribution in [0.4, 0.5) is 13.2 Å². The highest BCUT2D eigenvalue weighted by atomic mass is 19.4. The molecule has 0 unspecified atom stereocenters. The molecule has 7 heteroatoms. The van der Waals surface area contributed by atoms with Crippen molar-refractivity contribution < 1.29 is 27.5 Å². The molecule has 1 N–H and O–H groups in total. The van der Waals surface area contributed by atoms with Crippen LogP contribution < -0.4 is 0 Å². The van der Waals surface area contributed by atoms with Gasteiger partial charge in [-0.2, -0.15) is 13.2 Å². The first-order valence-corrected chi connectivity index (χ1v) is 12.6. The fourth-order valence-corrected chi connectivity index (χ4v) is 7.66. The Balaban J connectivity index is 1.53. The summed E-state index contributed by atoms with van der Waals surface area (Å²) in [7, 11) is 0. The van der Waals surface area contributed by atoms with Gasteiger partial charge in [0.1, 0.15) is 11.1 Å². The van der Waals surface area contributed by atoms with Gasteiger partial charge in [0.2, 0.25) is 0 Å². The van der Waals surface area contributed by atoms with E-state index in [-0.39, 0.29) is 34.6 Å². The van der Waals surface area contributed by atoms with Crippen molar-refractivity contribution in [3.8, 4) is 11.8 Å². The number of benzene rings is 1. The smallest absolute Gasteiger partial charge is 0.433 e. The summed E-state index contributed by atoms with van der Waals surface area (Å²) >= 11 is 0. The average molecular weight is 496 g/mol. The summed E-state index contributed by atoms with van der Waals surface area (Å²) in [6.07, 6.45) is 2.16. The Hall–Kier alpha value is -2.85. The Morgan fingerprint density at radius 1 is 1.19 bits per heavy atom. The Morgan fingerprint density at radius 3 is 2.75 bits per heavy atom. The summed E-state index contributed by atoms with van der Waals surface area (Å²) in [6, 6.07) is 5.11. The first-order valence-electron chi connectivity index (χ1n) is 12.6. The number of ketones is 1. The minimum Gasteiger partial charge on any atom is -0.433 e. The van der Waals surface area contributed by atoms with E-state index in [1.165, 1.54) is 11.1 Å². The molecule has 1 aromatic carbocycles. The summed E-state index contributed by atoms with van der Waals surface area (Å²) in [5.41, 5.74) is 3.22. The Bertz CT molecular complexity index is 1400. The van der Waals surface area contributed by atoms with Crippen LogP contribution in [0.3, 0.4) is 0 Å². The van der Waals surface area contributed by atoms with E-state index in [4.69, 9.17) is 4.42 Å². The van der Waals surface area contributed by atoms with Gasteiger partial charge >= 0.3 is 12.1 Å². The van der Waals surface area contributed by atoms with E-state index in [0.29, 0.717) is 25.7 Å². The molecule has 0 spiro atoms. The Labute approximate surface area is 207 Å². The van der Waals surface area contributed by atoms with Crippen LogP contribution in [0.25, 0.3) is 11.1 Å². The van der Waals surface area contributed by atoms with Gasteiger partial charge in [-0.1, -0.05) is 24.5 Å². The molecular formula is C29H28F3NO3. The van der Waals surface area contributed by atoms with Crippen molar-refractivity contribution in [2.24, 2.45) is 17.3 Å². The molecule has 188 valence electrons. The lowest BCUT2D eigenvalue weighted by Crippen LogP contribution is -2.51. The quantitative estimate of drug-likeness (QED) is 0.459. The standard InChI is InChI=1S/C29H28F3NO3/c1-3-11-28(35)12-10-22-20-7-4-16-13-18(34)6-8-19(16)25(20)21(15-27(22,28)2)17-5-9-24-23(14-17)33-26(36-24)29(30,31)32/h5,9,13-14,20-22,35H,4,6-8,10,12,15H2,1-2H3/t20-,21+,22-,27-,28-/m0/s1. The topological polar surface area (TPSA) is 63.3 Å². The maximum absolute atomic E-state index is 13.2. The number of aliphatic hydroxyl groups is 1. The second kappa shape index (κ2) is 7.82. The lowest BCUT2D eigenvalue weighted by Gasteiger charge is -2.53. The van der Waals surface area contributed by atoms with Crippen molar-refractivity contribution in [1.29, 1.82) is 0 Å². The normalized spacial score (nSPS) is 34.0. The van der Waals surface area contributed by atoms with E-state index < -0.39 is 23.1 Å². The van der Waals surface area contributed by atoms with Crippen molar-refractivity contribution in [2.75, 3.05) is 0 Å². The molecular weight excluding hydrogens is 467 g/mol. The van der Waals surface area contributed by atoms with Crippen LogP contribution in [0.15, 0.2) is 45.4 Å². The maximum Gasteiger partial charge on any atom is 0.468 e. The third kappa shape index (κ3) is 3.33. The maximum atomic E-state index is 13.2. The molecule has 6 rings (SSSR count). The number of carbonyl (C=O) groups excluding carboxylic acids is 1. The van der Waals surface area contributed by atoms with Gasteiger partial charge in [-0.05, 0) is 92.2 Å². The molecule has 4 aliphatic rings. The first kappa shape index (κ1) is 23.5. The number of oxazole rings is 1. The van der Waals surface area contributed by atoms with Crippen LogP contribution in [-0.4, -0.2) is 21.5 Å². The summed E-state index contributed by atoms with van der Waals surface area (Å²) < 4.78 is 44.7. The van der Waals surface area contributed by atoms with Gasteiger partial charge in [0, 0.05) is 17.8 Å². The monoisotopic (exact) mass is 495 g/mol. The molecule has 36 heavy (non-hydrogen) atoms. The van der Waals surface area contributed by atoms with Gasteiger partial charge in [-0.15, -0.1) is 5.92 Å². The predicted molar refractivity (Wildman–Crippen MR) is 128 cm³/mol. The molecule has 4 nitrogen and oxygen atoms in total. The van der Waals surface area contributed by atoms with Crippen molar-refractivity contribution in [1.82, 2.24) is 4.98 Å². The third-order valence-electron chi connectivity index (χ3n) is 9.27. The summed E-state index contributed by atoms with van der Waals surface area (Å²) in [6.45, 7) is 3.88. The zero-order chi connectivity index (χ0) is 25.5. The number of aromatic nitrogens is 1. The second-order valence-corrected chi connectivity index (χ2v) is 11.0. The predicted octanol–water partition coefficient (Wildman–Crippen LogP) is 6.50. The van der Waals surface area contributed by atoms with Crippen LogP contribution in [0, 0.1) is 29.1 Å². The minimum absolute atomic E-state index is 0.0990. The molecule has 1 aromatic heterocycles. The van der Waals surface area contributed by atoms with Crippen LogP contribution >= 0.6 is 0 Å². The third-order valence-corrected chi connectivity index (χ3v) is 9.27. The van der Waals surface area contributed by atoms with E-state index >= 15 is 0 Å². The molecule has 1 heterocycles. The molecule has 5 atom stereocenters. The van der Waals surface area contributed by atoms with E-state index in [1.54, 1.807) is 25.1 Å². The molecule has 2 fully saturated rings. The zero-order valence-electron chi connectivity index (χ0n) is 20.3. The molecule has 2 saturated carbocycles. The number of rotatable bonds is 1. The molecule has 0 bridgehead atoms. The van der Waals surface area contributed by atoms with E-state index in [0.717, 1.165) is 30.4 Å². The number of fused-ring (bicyclic) bond motifs is 5. The Kier molecular flexibility index (Phi) is 5.12. The summed E-state index contributed by atoms with van der Waals surface area (Å²) in [5, 5.41) is 11.7. The highest BCUT2D eigenvalue weighted by molar-refractivity contribution is 5.93. The fourth-order valence-electron chi connectivity index (χ4n) is 7.66. The van der Waals surface area contributed by atoms with Gasteiger partial charge in [0.15, 0.2) is 11.4 Å². The number of allylic oxidation sites excluding steroid dienone is 4. The van der Waals surface area contributed by atoms with E-state index in [2.05, 4.69) is 23.7 Å².